The summed E-state index contributed by atoms with van der Waals surface area (Å²) in [4.78, 5) is 36.8. The fraction of sp³-hybridized carbons (Fsp3) is 0.786. The molecule has 22 heavy (non-hydrogen) atoms. The van der Waals surface area contributed by atoms with Crippen molar-refractivity contribution >= 4 is 18.0 Å². The van der Waals surface area contributed by atoms with Crippen LogP contribution in [0.4, 0.5) is 4.79 Å². The van der Waals surface area contributed by atoms with E-state index >= 15 is 0 Å². The van der Waals surface area contributed by atoms with Gasteiger partial charge in [0.2, 0.25) is 5.91 Å². The molecule has 0 radical (unpaired) electrons. The number of methoxy groups -OCH3 is 1. The Bertz CT molecular complexity index is 419. The molecular formula is C14H25N3O5. The standard InChI is InChI=1S/C14H25N3O5/c1-14(2,3)22-13(20)16-9-10(12(19)21-4)17-7-5-11(18)15-6-8-17/h10H,5-9H2,1-4H3,(H,15,18)(H,16,20)/t10-/m0/s1. The van der Waals surface area contributed by atoms with Gasteiger partial charge in [-0.1, -0.05) is 0 Å². The molecule has 1 aliphatic heterocycles. The molecule has 0 aromatic rings. The highest BCUT2D eigenvalue weighted by molar-refractivity contribution is 5.78. The third-order valence-electron chi connectivity index (χ3n) is 3.10. The van der Waals surface area contributed by atoms with E-state index in [-0.39, 0.29) is 12.5 Å². The van der Waals surface area contributed by atoms with E-state index in [1.807, 2.05) is 4.90 Å². The van der Waals surface area contributed by atoms with Gasteiger partial charge in [-0.05, 0) is 20.8 Å². The van der Waals surface area contributed by atoms with Crippen LogP contribution < -0.4 is 10.6 Å². The van der Waals surface area contributed by atoms with Gasteiger partial charge >= 0.3 is 12.1 Å². The van der Waals surface area contributed by atoms with Gasteiger partial charge in [0.05, 0.1) is 7.11 Å². The Kier molecular flexibility index (Phi) is 6.61. The van der Waals surface area contributed by atoms with Crippen LogP contribution in [0.2, 0.25) is 0 Å². The second kappa shape index (κ2) is 7.98. The Balaban J connectivity index is 2.63. The third kappa shape index (κ3) is 6.30. The predicted molar refractivity (Wildman–Crippen MR) is 79.2 cm³/mol. The van der Waals surface area contributed by atoms with Crippen molar-refractivity contribution in [2.24, 2.45) is 0 Å². The number of nitrogens with zero attached hydrogens (tertiary/aromatic N) is 1. The van der Waals surface area contributed by atoms with E-state index in [4.69, 9.17) is 9.47 Å². The lowest BCUT2D eigenvalue weighted by Gasteiger charge is -2.28. The molecule has 1 fully saturated rings. The molecule has 8 heteroatoms. The van der Waals surface area contributed by atoms with Gasteiger partial charge in [-0.2, -0.15) is 0 Å². The third-order valence-corrected chi connectivity index (χ3v) is 3.10. The van der Waals surface area contributed by atoms with Crippen LogP contribution in [0.15, 0.2) is 0 Å². The number of esters is 1. The SMILES string of the molecule is COC(=O)[C@H](CNC(=O)OC(C)(C)C)N1CCNC(=O)CC1. The molecule has 0 aromatic carbocycles. The molecule has 8 nitrogen and oxygen atoms in total. The first-order chi connectivity index (χ1) is 10.2. The van der Waals surface area contributed by atoms with Gasteiger partial charge < -0.3 is 20.1 Å². The van der Waals surface area contributed by atoms with Crippen molar-refractivity contribution in [3.63, 3.8) is 0 Å². The number of carbonyl (C=O) groups is 3. The quantitative estimate of drug-likeness (QED) is 0.702. The number of rotatable bonds is 4. The average molecular weight is 315 g/mol. The number of hydrogen-bond donors (Lipinski definition) is 2. The second-order valence-corrected chi connectivity index (χ2v) is 6.06. The summed E-state index contributed by atoms with van der Waals surface area (Å²) < 4.78 is 9.93. The molecule has 1 atom stereocenters. The van der Waals surface area contributed by atoms with E-state index in [1.54, 1.807) is 20.8 Å². The normalized spacial score (nSPS) is 17.9. The highest BCUT2D eigenvalue weighted by atomic mass is 16.6. The largest absolute Gasteiger partial charge is 0.468 e. The zero-order chi connectivity index (χ0) is 16.8. The maximum atomic E-state index is 11.9. The minimum absolute atomic E-state index is 0.0498. The molecule has 0 aromatic heterocycles. The summed E-state index contributed by atoms with van der Waals surface area (Å²) in [6.07, 6.45) is -0.287. The minimum atomic E-state index is -0.648. The summed E-state index contributed by atoms with van der Waals surface area (Å²) in [5.74, 6) is -0.503. The zero-order valence-corrected chi connectivity index (χ0v) is 13.6. The van der Waals surface area contributed by atoms with Crippen molar-refractivity contribution in [3.05, 3.63) is 0 Å². The lowest BCUT2D eigenvalue weighted by atomic mass is 10.2. The first-order valence-corrected chi connectivity index (χ1v) is 7.28. The maximum absolute atomic E-state index is 11.9. The van der Waals surface area contributed by atoms with Crippen LogP contribution in [0.25, 0.3) is 0 Å². The number of amides is 2. The van der Waals surface area contributed by atoms with Gasteiger partial charge in [-0.25, -0.2) is 4.79 Å². The highest BCUT2D eigenvalue weighted by Gasteiger charge is 2.29. The summed E-state index contributed by atoms with van der Waals surface area (Å²) in [5, 5.41) is 5.31. The number of ether oxygens (including phenoxy) is 2. The molecule has 1 aliphatic rings. The fourth-order valence-electron chi connectivity index (χ4n) is 2.09. The van der Waals surface area contributed by atoms with Crippen LogP contribution in [0.3, 0.4) is 0 Å². The van der Waals surface area contributed by atoms with Crippen LogP contribution in [-0.2, 0) is 19.1 Å². The lowest BCUT2D eigenvalue weighted by Crippen LogP contribution is -2.50. The van der Waals surface area contributed by atoms with E-state index in [1.165, 1.54) is 7.11 Å². The van der Waals surface area contributed by atoms with E-state index < -0.39 is 23.7 Å². The van der Waals surface area contributed by atoms with Crippen molar-refractivity contribution in [2.45, 2.75) is 38.8 Å². The molecule has 126 valence electrons. The molecule has 1 heterocycles. The van der Waals surface area contributed by atoms with Crippen LogP contribution in [0.1, 0.15) is 27.2 Å². The molecule has 1 rings (SSSR count). The van der Waals surface area contributed by atoms with Crippen molar-refractivity contribution in [3.8, 4) is 0 Å². The summed E-state index contributed by atoms with van der Waals surface area (Å²) in [6.45, 7) is 6.75. The maximum Gasteiger partial charge on any atom is 0.407 e. The van der Waals surface area contributed by atoms with Gasteiger partial charge in [0.15, 0.2) is 0 Å². The molecule has 0 bridgehead atoms. The second-order valence-electron chi connectivity index (χ2n) is 6.06. The molecule has 1 saturated heterocycles. The van der Waals surface area contributed by atoms with Crippen molar-refractivity contribution in [1.29, 1.82) is 0 Å². The van der Waals surface area contributed by atoms with E-state index in [0.717, 1.165) is 0 Å². The Labute approximate surface area is 130 Å². The van der Waals surface area contributed by atoms with Gasteiger partial charge in [0, 0.05) is 32.6 Å². The molecule has 2 N–H and O–H groups in total. The zero-order valence-electron chi connectivity index (χ0n) is 13.6. The Hall–Kier alpha value is -1.83. The molecule has 0 spiro atoms. The smallest absolute Gasteiger partial charge is 0.407 e. The van der Waals surface area contributed by atoms with Crippen molar-refractivity contribution in [2.75, 3.05) is 33.3 Å². The van der Waals surface area contributed by atoms with Crippen molar-refractivity contribution in [1.82, 2.24) is 15.5 Å². The van der Waals surface area contributed by atoms with Gasteiger partial charge in [0.25, 0.3) is 0 Å². The molecule has 0 saturated carbocycles. The molecular weight excluding hydrogens is 290 g/mol. The number of alkyl carbamates (subject to hydrolysis) is 1. The Morgan fingerprint density at radius 2 is 2.05 bits per heavy atom. The number of carbonyl (C=O) groups excluding carboxylic acids is 3. The minimum Gasteiger partial charge on any atom is -0.468 e. The summed E-state index contributed by atoms with van der Waals surface area (Å²) >= 11 is 0. The number of nitrogens with one attached hydrogen (secondary N) is 2. The summed E-state index contributed by atoms with van der Waals surface area (Å²) in [5.41, 5.74) is -0.607. The summed E-state index contributed by atoms with van der Waals surface area (Å²) in [7, 11) is 1.30. The highest BCUT2D eigenvalue weighted by Crippen LogP contribution is 2.08. The van der Waals surface area contributed by atoms with Crippen LogP contribution in [0.5, 0.6) is 0 Å². The first kappa shape index (κ1) is 18.2. The monoisotopic (exact) mass is 315 g/mol. The van der Waals surface area contributed by atoms with Gasteiger partial charge in [-0.15, -0.1) is 0 Å². The topological polar surface area (TPSA) is 97.0 Å². The van der Waals surface area contributed by atoms with Crippen LogP contribution in [-0.4, -0.2) is 67.8 Å². The van der Waals surface area contributed by atoms with Crippen LogP contribution in [0, 0.1) is 0 Å². The van der Waals surface area contributed by atoms with Crippen LogP contribution >= 0.6 is 0 Å². The van der Waals surface area contributed by atoms with Gasteiger partial charge in [0.1, 0.15) is 11.6 Å². The summed E-state index contributed by atoms with van der Waals surface area (Å²) in [6, 6.07) is -0.648. The van der Waals surface area contributed by atoms with E-state index in [9.17, 15) is 14.4 Å². The van der Waals surface area contributed by atoms with Crippen molar-refractivity contribution < 1.29 is 23.9 Å². The average Bonchev–Trinajstić information content (AvgIpc) is 2.62. The Morgan fingerprint density at radius 3 is 2.64 bits per heavy atom. The number of hydrogen-bond acceptors (Lipinski definition) is 6. The first-order valence-electron chi connectivity index (χ1n) is 7.28. The molecule has 0 aliphatic carbocycles. The molecule has 0 unspecified atom stereocenters. The Morgan fingerprint density at radius 1 is 1.36 bits per heavy atom. The molecule has 2 amide bonds. The predicted octanol–water partition coefficient (Wildman–Crippen LogP) is -0.125. The van der Waals surface area contributed by atoms with E-state index in [2.05, 4.69) is 10.6 Å². The van der Waals surface area contributed by atoms with Gasteiger partial charge in [-0.3, -0.25) is 14.5 Å². The fourth-order valence-corrected chi connectivity index (χ4v) is 2.09. The van der Waals surface area contributed by atoms with E-state index in [0.29, 0.717) is 26.1 Å². The lowest BCUT2D eigenvalue weighted by molar-refractivity contribution is -0.146.